The number of anilines is 2. The van der Waals surface area contributed by atoms with E-state index in [1.807, 2.05) is 0 Å². The van der Waals surface area contributed by atoms with Crippen LogP contribution in [0.5, 0.6) is 5.88 Å². The predicted molar refractivity (Wildman–Crippen MR) is 77.4 cm³/mol. The minimum atomic E-state index is -0.480. The number of carbonyl (C=O) groups is 2. The van der Waals surface area contributed by atoms with E-state index in [1.165, 1.54) is 54.3 Å². The maximum atomic E-state index is 13.0. The third kappa shape index (κ3) is 3.43. The molecule has 2 rings (SSSR count). The number of hydrogen-bond donors (Lipinski definition) is 0. The lowest BCUT2D eigenvalue weighted by atomic mass is 10.3. The molecule has 7 heteroatoms. The first-order chi connectivity index (χ1) is 9.88. The molecule has 110 valence electrons. The SMILES string of the molecule is CC(=O)Oc1nc(N(C(C)=O)c2ccc(F)cc2)sc1C. The number of carbonyl (C=O) groups excluding carboxylic acids is 2. The van der Waals surface area contributed by atoms with Crippen LogP contribution in [-0.2, 0) is 9.59 Å². The van der Waals surface area contributed by atoms with Gasteiger partial charge in [-0.1, -0.05) is 11.3 Å². The van der Waals surface area contributed by atoms with Crippen molar-refractivity contribution in [1.29, 1.82) is 0 Å². The molecule has 0 aliphatic rings. The van der Waals surface area contributed by atoms with Crippen molar-refractivity contribution in [2.45, 2.75) is 20.8 Å². The number of hydrogen-bond acceptors (Lipinski definition) is 5. The Morgan fingerprint density at radius 3 is 2.38 bits per heavy atom. The van der Waals surface area contributed by atoms with Gasteiger partial charge >= 0.3 is 5.97 Å². The van der Waals surface area contributed by atoms with Gasteiger partial charge in [0.25, 0.3) is 0 Å². The number of amides is 1. The quantitative estimate of drug-likeness (QED) is 0.817. The van der Waals surface area contributed by atoms with Gasteiger partial charge in [0.05, 0.1) is 10.6 Å². The molecule has 5 nitrogen and oxygen atoms in total. The monoisotopic (exact) mass is 308 g/mol. The lowest BCUT2D eigenvalue weighted by Crippen LogP contribution is -2.22. The van der Waals surface area contributed by atoms with Crippen molar-refractivity contribution in [3.63, 3.8) is 0 Å². The van der Waals surface area contributed by atoms with Gasteiger partial charge in [-0.25, -0.2) is 4.39 Å². The Balaban J connectivity index is 2.41. The number of benzene rings is 1. The van der Waals surface area contributed by atoms with Gasteiger partial charge in [-0.2, -0.15) is 4.98 Å². The first-order valence-electron chi connectivity index (χ1n) is 6.10. The van der Waals surface area contributed by atoms with E-state index in [0.717, 1.165) is 0 Å². The second kappa shape index (κ2) is 6.01. The summed E-state index contributed by atoms with van der Waals surface area (Å²) in [5.74, 6) is -0.968. The third-order valence-electron chi connectivity index (χ3n) is 2.57. The molecule has 0 spiro atoms. The number of ether oxygens (including phenoxy) is 1. The fraction of sp³-hybridized carbons (Fsp3) is 0.214. The maximum Gasteiger partial charge on any atom is 0.309 e. The van der Waals surface area contributed by atoms with Gasteiger partial charge in [-0.05, 0) is 31.2 Å². The molecule has 0 radical (unpaired) electrons. The Bertz CT molecular complexity index is 682. The number of halogens is 1. The van der Waals surface area contributed by atoms with Gasteiger partial charge < -0.3 is 4.74 Å². The predicted octanol–water partition coefficient (Wildman–Crippen LogP) is 3.20. The summed E-state index contributed by atoms with van der Waals surface area (Å²) in [6, 6.07) is 5.50. The molecular weight excluding hydrogens is 295 g/mol. The van der Waals surface area contributed by atoms with Gasteiger partial charge in [-0.15, -0.1) is 0 Å². The number of thiazole rings is 1. The van der Waals surface area contributed by atoms with E-state index < -0.39 is 11.8 Å². The van der Waals surface area contributed by atoms with Crippen LogP contribution in [0.15, 0.2) is 24.3 Å². The molecule has 21 heavy (non-hydrogen) atoms. The molecule has 0 fully saturated rings. The molecular formula is C14H13FN2O3S. The van der Waals surface area contributed by atoms with E-state index in [9.17, 15) is 14.0 Å². The second-order valence-corrected chi connectivity index (χ2v) is 5.46. The standard InChI is InChI=1S/C14H13FN2O3S/c1-8-13(20-10(3)19)16-14(21-8)17(9(2)18)12-6-4-11(15)5-7-12/h4-7H,1-3H3. The van der Waals surface area contributed by atoms with E-state index in [-0.39, 0.29) is 11.8 Å². The molecule has 0 saturated carbocycles. The van der Waals surface area contributed by atoms with Crippen molar-refractivity contribution in [1.82, 2.24) is 4.98 Å². The van der Waals surface area contributed by atoms with Crippen molar-refractivity contribution < 1.29 is 18.7 Å². The molecule has 1 aromatic heterocycles. The molecule has 0 unspecified atom stereocenters. The maximum absolute atomic E-state index is 13.0. The molecule has 2 aromatic rings. The molecule has 0 aliphatic heterocycles. The van der Waals surface area contributed by atoms with Gasteiger partial charge in [0.2, 0.25) is 16.9 Å². The lowest BCUT2D eigenvalue weighted by Gasteiger charge is -2.17. The Hall–Kier alpha value is -2.28. The van der Waals surface area contributed by atoms with Crippen LogP contribution in [0.25, 0.3) is 0 Å². The van der Waals surface area contributed by atoms with Crippen LogP contribution in [0.4, 0.5) is 15.2 Å². The minimum absolute atomic E-state index is 0.177. The zero-order chi connectivity index (χ0) is 15.6. The van der Waals surface area contributed by atoms with E-state index in [2.05, 4.69) is 4.98 Å². The summed E-state index contributed by atoms with van der Waals surface area (Å²) in [5.41, 5.74) is 0.493. The van der Waals surface area contributed by atoms with Crippen molar-refractivity contribution in [2.24, 2.45) is 0 Å². The van der Waals surface area contributed by atoms with Gasteiger partial charge in [0.15, 0.2) is 0 Å². The lowest BCUT2D eigenvalue weighted by molar-refractivity contribution is -0.132. The Morgan fingerprint density at radius 1 is 1.24 bits per heavy atom. The molecule has 0 aliphatic carbocycles. The van der Waals surface area contributed by atoms with Crippen molar-refractivity contribution in [3.8, 4) is 5.88 Å². The molecule has 0 bridgehead atoms. The highest BCUT2D eigenvalue weighted by molar-refractivity contribution is 7.16. The zero-order valence-electron chi connectivity index (χ0n) is 11.7. The van der Waals surface area contributed by atoms with Crippen LogP contribution in [0.2, 0.25) is 0 Å². The number of aryl methyl sites for hydroxylation is 1. The van der Waals surface area contributed by atoms with Gasteiger partial charge in [0.1, 0.15) is 5.82 Å². The van der Waals surface area contributed by atoms with Crippen LogP contribution in [-0.4, -0.2) is 16.9 Å². The Labute approximate surface area is 125 Å². The summed E-state index contributed by atoms with van der Waals surface area (Å²) in [4.78, 5) is 29.0. The smallest absolute Gasteiger partial charge is 0.309 e. The van der Waals surface area contributed by atoms with Crippen LogP contribution >= 0.6 is 11.3 Å². The molecule has 1 heterocycles. The van der Waals surface area contributed by atoms with E-state index in [0.29, 0.717) is 15.7 Å². The highest BCUT2D eigenvalue weighted by Gasteiger charge is 2.21. The highest BCUT2D eigenvalue weighted by atomic mass is 32.1. The summed E-state index contributed by atoms with van der Waals surface area (Å²) in [7, 11) is 0. The fourth-order valence-electron chi connectivity index (χ4n) is 1.71. The third-order valence-corrected chi connectivity index (χ3v) is 3.51. The number of esters is 1. The minimum Gasteiger partial charge on any atom is -0.406 e. The van der Waals surface area contributed by atoms with E-state index >= 15 is 0 Å². The topological polar surface area (TPSA) is 59.5 Å². The zero-order valence-corrected chi connectivity index (χ0v) is 12.5. The second-order valence-electron chi connectivity index (χ2n) is 4.28. The van der Waals surface area contributed by atoms with E-state index in [1.54, 1.807) is 6.92 Å². The summed E-state index contributed by atoms with van der Waals surface area (Å²) in [6.07, 6.45) is 0. The van der Waals surface area contributed by atoms with Gasteiger partial charge in [-0.3, -0.25) is 14.5 Å². The van der Waals surface area contributed by atoms with Crippen LogP contribution < -0.4 is 9.64 Å². The summed E-state index contributed by atoms with van der Waals surface area (Å²) < 4.78 is 18.0. The largest absolute Gasteiger partial charge is 0.406 e. The molecule has 1 aromatic carbocycles. The average molecular weight is 308 g/mol. The highest BCUT2D eigenvalue weighted by Crippen LogP contribution is 2.35. The van der Waals surface area contributed by atoms with E-state index in [4.69, 9.17) is 4.74 Å². The van der Waals surface area contributed by atoms with Crippen molar-refractivity contribution in [2.75, 3.05) is 4.90 Å². The van der Waals surface area contributed by atoms with Gasteiger partial charge in [0, 0.05) is 13.8 Å². The molecule has 0 N–H and O–H groups in total. The molecule has 1 amide bonds. The summed E-state index contributed by atoms with van der Waals surface area (Å²) in [6.45, 7) is 4.40. The van der Waals surface area contributed by atoms with Crippen molar-refractivity contribution in [3.05, 3.63) is 35.0 Å². The fourth-order valence-corrected chi connectivity index (χ4v) is 2.61. The first kappa shape index (κ1) is 15.1. The number of aromatic nitrogens is 1. The average Bonchev–Trinajstić information content (AvgIpc) is 2.72. The molecule has 0 saturated heterocycles. The van der Waals surface area contributed by atoms with Crippen LogP contribution in [0.1, 0.15) is 18.7 Å². The normalized spacial score (nSPS) is 10.3. The summed E-state index contributed by atoms with van der Waals surface area (Å²) >= 11 is 1.21. The number of nitrogens with zero attached hydrogens (tertiary/aromatic N) is 2. The Kier molecular flexibility index (Phi) is 4.32. The summed E-state index contributed by atoms with van der Waals surface area (Å²) in [5, 5.41) is 0.364. The Morgan fingerprint density at radius 2 is 1.86 bits per heavy atom. The van der Waals surface area contributed by atoms with Crippen molar-refractivity contribution >= 4 is 34.0 Å². The molecule has 0 atom stereocenters. The first-order valence-corrected chi connectivity index (χ1v) is 6.92. The van der Waals surface area contributed by atoms with Crippen LogP contribution in [0.3, 0.4) is 0 Å². The van der Waals surface area contributed by atoms with Crippen LogP contribution in [0, 0.1) is 12.7 Å². The number of rotatable bonds is 3.